The van der Waals surface area contributed by atoms with Crippen LogP contribution in [0.2, 0.25) is 0 Å². The zero-order valence-corrected chi connectivity index (χ0v) is 13.2. The molecule has 0 aliphatic heterocycles. The van der Waals surface area contributed by atoms with Gasteiger partial charge in [0.2, 0.25) is 0 Å². The molecule has 0 atom stereocenters. The molecule has 5 heteroatoms. The number of carbonyl (C=O) groups is 1. The van der Waals surface area contributed by atoms with Crippen molar-refractivity contribution in [3.05, 3.63) is 46.4 Å². The van der Waals surface area contributed by atoms with Crippen molar-refractivity contribution in [1.29, 1.82) is 0 Å². The predicted molar refractivity (Wildman–Crippen MR) is 85.2 cm³/mol. The first-order valence-electron chi connectivity index (χ1n) is 6.70. The van der Waals surface area contributed by atoms with Gasteiger partial charge in [-0.3, -0.25) is 10.1 Å². The molecule has 0 spiro atoms. The van der Waals surface area contributed by atoms with Crippen LogP contribution in [0.1, 0.15) is 33.0 Å². The topological polar surface area (TPSA) is 55.1 Å². The summed E-state index contributed by atoms with van der Waals surface area (Å²) in [7, 11) is 0. The van der Waals surface area contributed by atoms with E-state index in [0.29, 0.717) is 16.5 Å². The molecule has 0 saturated heterocycles. The molecule has 0 saturated carbocycles. The van der Waals surface area contributed by atoms with Crippen LogP contribution in [0.5, 0.6) is 0 Å². The lowest BCUT2D eigenvalue weighted by Crippen LogP contribution is -2.11. The summed E-state index contributed by atoms with van der Waals surface area (Å²) in [6, 6.07) is 5.92. The van der Waals surface area contributed by atoms with Crippen molar-refractivity contribution in [1.82, 2.24) is 4.98 Å². The van der Waals surface area contributed by atoms with E-state index >= 15 is 0 Å². The number of benzene rings is 1. The van der Waals surface area contributed by atoms with Crippen LogP contribution in [-0.2, 0) is 0 Å². The standard InChI is InChI=1S/C16H16N2O2S/c1-8-5-9(2)14-13(6-8)21-16(17-14)18-15(19)12-7-10(3)20-11(12)4/h5-7H,1-4H3,(H,17,18,19). The third kappa shape index (κ3) is 2.56. The zero-order valence-electron chi connectivity index (χ0n) is 12.4. The molecule has 4 nitrogen and oxygen atoms in total. The van der Waals surface area contributed by atoms with Gasteiger partial charge in [-0.1, -0.05) is 17.4 Å². The SMILES string of the molecule is Cc1cc(C)c2nc(NC(=O)c3cc(C)oc3C)sc2c1. The number of carbonyl (C=O) groups excluding carboxylic acids is 1. The highest BCUT2D eigenvalue weighted by atomic mass is 32.1. The van der Waals surface area contributed by atoms with E-state index < -0.39 is 0 Å². The Morgan fingerprint density at radius 1 is 1.19 bits per heavy atom. The van der Waals surface area contributed by atoms with Crippen LogP contribution in [0, 0.1) is 27.7 Å². The number of hydrogen-bond acceptors (Lipinski definition) is 4. The van der Waals surface area contributed by atoms with Crippen LogP contribution in [0.4, 0.5) is 5.13 Å². The second-order valence-corrected chi connectivity index (χ2v) is 6.26. The predicted octanol–water partition coefficient (Wildman–Crippen LogP) is 4.38. The number of thiazole rings is 1. The number of hydrogen-bond donors (Lipinski definition) is 1. The minimum Gasteiger partial charge on any atom is -0.466 e. The highest BCUT2D eigenvalue weighted by molar-refractivity contribution is 7.22. The fourth-order valence-corrected chi connectivity index (χ4v) is 3.48. The molecule has 21 heavy (non-hydrogen) atoms. The van der Waals surface area contributed by atoms with Gasteiger partial charge < -0.3 is 4.42 Å². The van der Waals surface area contributed by atoms with Crippen LogP contribution in [0.15, 0.2) is 22.6 Å². The Hall–Kier alpha value is -2.14. The lowest BCUT2D eigenvalue weighted by Gasteiger charge is -1.98. The Balaban J connectivity index is 1.93. The van der Waals surface area contributed by atoms with Crippen molar-refractivity contribution in [2.45, 2.75) is 27.7 Å². The van der Waals surface area contributed by atoms with Crippen LogP contribution < -0.4 is 5.32 Å². The molecular formula is C16H16N2O2S. The number of furan rings is 1. The van der Waals surface area contributed by atoms with E-state index in [4.69, 9.17) is 4.42 Å². The summed E-state index contributed by atoms with van der Waals surface area (Å²) in [5.74, 6) is 1.17. The van der Waals surface area contributed by atoms with Gasteiger partial charge in [0, 0.05) is 0 Å². The van der Waals surface area contributed by atoms with E-state index in [0.717, 1.165) is 21.5 Å². The molecule has 1 aromatic carbocycles. The number of aromatic nitrogens is 1. The van der Waals surface area contributed by atoms with Gasteiger partial charge in [0.25, 0.3) is 5.91 Å². The first-order chi connectivity index (χ1) is 9.94. The molecule has 0 aliphatic rings. The average molecular weight is 300 g/mol. The van der Waals surface area contributed by atoms with Crippen molar-refractivity contribution in [2.75, 3.05) is 5.32 Å². The van der Waals surface area contributed by atoms with E-state index in [1.54, 1.807) is 13.0 Å². The van der Waals surface area contributed by atoms with Gasteiger partial charge in [0.05, 0.1) is 15.8 Å². The number of aryl methyl sites for hydroxylation is 4. The molecule has 0 bridgehead atoms. The fraction of sp³-hybridized carbons (Fsp3) is 0.250. The third-order valence-corrected chi connectivity index (χ3v) is 4.25. The number of anilines is 1. The van der Waals surface area contributed by atoms with E-state index in [9.17, 15) is 4.79 Å². The smallest absolute Gasteiger partial charge is 0.260 e. The largest absolute Gasteiger partial charge is 0.466 e. The van der Waals surface area contributed by atoms with Crippen LogP contribution in [-0.4, -0.2) is 10.9 Å². The Labute approximate surface area is 126 Å². The third-order valence-electron chi connectivity index (χ3n) is 3.34. The highest BCUT2D eigenvalue weighted by Crippen LogP contribution is 2.29. The molecule has 3 aromatic rings. The van der Waals surface area contributed by atoms with Crippen molar-refractivity contribution in [3.8, 4) is 0 Å². The van der Waals surface area contributed by atoms with E-state index in [1.807, 2.05) is 13.8 Å². The monoisotopic (exact) mass is 300 g/mol. The maximum Gasteiger partial charge on any atom is 0.260 e. The zero-order chi connectivity index (χ0) is 15.1. The minimum absolute atomic E-state index is 0.183. The number of nitrogens with one attached hydrogen (secondary N) is 1. The molecule has 0 unspecified atom stereocenters. The van der Waals surface area contributed by atoms with Crippen molar-refractivity contribution >= 4 is 32.6 Å². The highest BCUT2D eigenvalue weighted by Gasteiger charge is 2.16. The van der Waals surface area contributed by atoms with E-state index in [-0.39, 0.29) is 5.91 Å². The Morgan fingerprint density at radius 2 is 1.95 bits per heavy atom. The van der Waals surface area contributed by atoms with E-state index in [1.165, 1.54) is 16.9 Å². The second kappa shape index (κ2) is 5.00. The quantitative estimate of drug-likeness (QED) is 0.764. The number of fused-ring (bicyclic) bond motifs is 1. The molecule has 0 aliphatic carbocycles. The normalized spacial score (nSPS) is 11.0. The summed E-state index contributed by atoms with van der Waals surface area (Å²) in [5, 5.41) is 3.47. The van der Waals surface area contributed by atoms with Gasteiger partial charge in [0.1, 0.15) is 11.5 Å². The molecule has 108 valence electrons. The lowest BCUT2D eigenvalue weighted by atomic mass is 10.1. The van der Waals surface area contributed by atoms with E-state index in [2.05, 4.69) is 29.4 Å². The molecule has 1 N–H and O–H groups in total. The molecule has 1 amide bonds. The summed E-state index contributed by atoms with van der Waals surface area (Å²) < 4.78 is 6.48. The second-order valence-electron chi connectivity index (χ2n) is 5.23. The van der Waals surface area contributed by atoms with Gasteiger partial charge in [-0.25, -0.2) is 4.98 Å². The summed E-state index contributed by atoms with van der Waals surface area (Å²) in [4.78, 5) is 16.8. The van der Waals surface area contributed by atoms with Crippen molar-refractivity contribution in [3.63, 3.8) is 0 Å². The molecule has 0 radical (unpaired) electrons. The number of rotatable bonds is 2. The lowest BCUT2D eigenvalue weighted by molar-refractivity contribution is 0.102. The Morgan fingerprint density at radius 3 is 2.62 bits per heavy atom. The summed E-state index contributed by atoms with van der Waals surface area (Å²) >= 11 is 1.49. The first kappa shape index (κ1) is 13.8. The maximum atomic E-state index is 12.3. The molecule has 2 heterocycles. The van der Waals surface area contributed by atoms with Crippen LogP contribution >= 0.6 is 11.3 Å². The van der Waals surface area contributed by atoms with Crippen molar-refractivity contribution in [2.24, 2.45) is 0 Å². The van der Waals surface area contributed by atoms with Gasteiger partial charge in [0.15, 0.2) is 5.13 Å². The van der Waals surface area contributed by atoms with Gasteiger partial charge in [-0.2, -0.15) is 0 Å². The molecule has 3 rings (SSSR count). The number of nitrogens with zero attached hydrogens (tertiary/aromatic N) is 1. The maximum absolute atomic E-state index is 12.3. The Kier molecular flexibility index (Phi) is 3.29. The molecule has 0 fully saturated rings. The molecular weight excluding hydrogens is 284 g/mol. The Bertz CT molecular complexity index is 845. The van der Waals surface area contributed by atoms with Crippen molar-refractivity contribution < 1.29 is 9.21 Å². The summed E-state index contributed by atoms with van der Waals surface area (Å²) in [5.41, 5.74) is 3.82. The fourth-order valence-electron chi connectivity index (χ4n) is 2.44. The molecule has 2 aromatic heterocycles. The van der Waals surface area contributed by atoms with Crippen LogP contribution in [0.3, 0.4) is 0 Å². The van der Waals surface area contributed by atoms with Crippen LogP contribution in [0.25, 0.3) is 10.2 Å². The number of amides is 1. The average Bonchev–Trinajstić information content (AvgIpc) is 2.92. The van der Waals surface area contributed by atoms with Gasteiger partial charge >= 0.3 is 0 Å². The van der Waals surface area contributed by atoms with Gasteiger partial charge in [-0.05, 0) is 51.0 Å². The minimum atomic E-state index is -0.183. The summed E-state index contributed by atoms with van der Waals surface area (Å²) in [6.07, 6.45) is 0. The van der Waals surface area contributed by atoms with Gasteiger partial charge in [-0.15, -0.1) is 0 Å². The summed E-state index contributed by atoms with van der Waals surface area (Å²) in [6.45, 7) is 7.70. The first-order valence-corrected chi connectivity index (χ1v) is 7.52.